The number of pyridine rings is 1. The minimum absolute atomic E-state index is 0.00443. The van der Waals surface area contributed by atoms with E-state index in [2.05, 4.69) is 10.3 Å². The monoisotopic (exact) mass is 281 g/mol. The molecule has 0 aromatic carbocycles. The number of hydrogen-bond acceptors (Lipinski definition) is 3. The van der Waals surface area contributed by atoms with E-state index in [4.69, 9.17) is 11.6 Å². The first-order valence-corrected chi connectivity index (χ1v) is 6.79. The molecule has 1 aromatic heterocycles. The quantitative estimate of drug-likeness (QED) is 0.842. The minimum atomic E-state index is -0.154. The molecule has 1 aromatic rings. The highest BCUT2D eigenvalue weighted by atomic mass is 35.5. The Morgan fingerprint density at radius 2 is 2.16 bits per heavy atom. The van der Waals surface area contributed by atoms with Crippen LogP contribution in [0.3, 0.4) is 0 Å². The van der Waals surface area contributed by atoms with Crippen LogP contribution in [-0.2, 0) is 4.79 Å². The van der Waals surface area contributed by atoms with Crippen molar-refractivity contribution in [2.45, 2.75) is 18.9 Å². The summed E-state index contributed by atoms with van der Waals surface area (Å²) < 4.78 is 0. The van der Waals surface area contributed by atoms with Crippen molar-refractivity contribution in [1.29, 1.82) is 0 Å². The molecule has 1 aliphatic rings. The fourth-order valence-electron chi connectivity index (χ4n) is 2.17. The van der Waals surface area contributed by atoms with Crippen LogP contribution in [0.5, 0.6) is 0 Å². The Kier molecular flexibility index (Phi) is 4.74. The molecule has 19 heavy (non-hydrogen) atoms. The SMILES string of the molecule is O=C(CCl)NC1CCN(C(=O)c2cccnc2)CC1. The van der Waals surface area contributed by atoms with Crippen molar-refractivity contribution in [3.63, 3.8) is 0 Å². The van der Waals surface area contributed by atoms with Crippen molar-refractivity contribution in [2.75, 3.05) is 19.0 Å². The van der Waals surface area contributed by atoms with Crippen molar-refractivity contribution < 1.29 is 9.59 Å². The van der Waals surface area contributed by atoms with Gasteiger partial charge in [0.15, 0.2) is 0 Å². The van der Waals surface area contributed by atoms with E-state index >= 15 is 0 Å². The maximum atomic E-state index is 12.2. The van der Waals surface area contributed by atoms with E-state index in [-0.39, 0.29) is 23.7 Å². The highest BCUT2D eigenvalue weighted by Gasteiger charge is 2.24. The lowest BCUT2D eigenvalue weighted by Gasteiger charge is -2.32. The van der Waals surface area contributed by atoms with Gasteiger partial charge in [0.05, 0.1) is 5.56 Å². The van der Waals surface area contributed by atoms with Gasteiger partial charge in [0, 0.05) is 31.5 Å². The van der Waals surface area contributed by atoms with E-state index < -0.39 is 0 Å². The van der Waals surface area contributed by atoms with Gasteiger partial charge >= 0.3 is 0 Å². The lowest BCUT2D eigenvalue weighted by Crippen LogP contribution is -2.46. The summed E-state index contributed by atoms with van der Waals surface area (Å²) in [6.45, 7) is 1.28. The van der Waals surface area contributed by atoms with Gasteiger partial charge < -0.3 is 10.2 Å². The number of amides is 2. The van der Waals surface area contributed by atoms with Gasteiger partial charge in [-0.15, -0.1) is 11.6 Å². The smallest absolute Gasteiger partial charge is 0.255 e. The van der Waals surface area contributed by atoms with Crippen LogP contribution in [0, 0.1) is 0 Å². The van der Waals surface area contributed by atoms with Crippen LogP contribution in [-0.4, -0.2) is 46.7 Å². The first-order chi connectivity index (χ1) is 9.20. The number of hydrogen-bond donors (Lipinski definition) is 1. The zero-order chi connectivity index (χ0) is 13.7. The maximum Gasteiger partial charge on any atom is 0.255 e. The van der Waals surface area contributed by atoms with Crippen LogP contribution in [0.15, 0.2) is 24.5 Å². The van der Waals surface area contributed by atoms with Gasteiger partial charge in [0.2, 0.25) is 5.91 Å². The highest BCUT2D eigenvalue weighted by Crippen LogP contribution is 2.13. The van der Waals surface area contributed by atoms with Crippen molar-refractivity contribution in [3.8, 4) is 0 Å². The predicted molar refractivity (Wildman–Crippen MR) is 72.0 cm³/mol. The fraction of sp³-hybridized carbons (Fsp3) is 0.462. The number of carbonyl (C=O) groups is 2. The number of aromatic nitrogens is 1. The third-order valence-corrected chi connectivity index (χ3v) is 3.42. The van der Waals surface area contributed by atoms with Crippen LogP contribution in [0.25, 0.3) is 0 Å². The molecule has 0 bridgehead atoms. The molecule has 0 spiro atoms. The van der Waals surface area contributed by atoms with Gasteiger partial charge in [0.25, 0.3) is 5.91 Å². The largest absolute Gasteiger partial charge is 0.352 e. The van der Waals surface area contributed by atoms with Crippen LogP contribution in [0.4, 0.5) is 0 Å². The first kappa shape index (κ1) is 13.8. The number of nitrogens with zero attached hydrogens (tertiary/aromatic N) is 2. The Morgan fingerprint density at radius 3 is 2.74 bits per heavy atom. The zero-order valence-electron chi connectivity index (χ0n) is 10.5. The summed E-state index contributed by atoms with van der Waals surface area (Å²) in [5.74, 6) is -0.177. The molecule has 2 amide bonds. The Bertz CT molecular complexity index is 444. The third kappa shape index (κ3) is 3.67. The topological polar surface area (TPSA) is 62.3 Å². The fourth-order valence-corrected chi connectivity index (χ4v) is 2.24. The number of nitrogens with one attached hydrogen (secondary N) is 1. The lowest BCUT2D eigenvalue weighted by molar-refractivity contribution is -0.119. The third-order valence-electron chi connectivity index (χ3n) is 3.18. The van der Waals surface area contributed by atoms with Crippen LogP contribution >= 0.6 is 11.6 Å². The zero-order valence-corrected chi connectivity index (χ0v) is 11.3. The Morgan fingerprint density at radius 1 is 1.42 bits per heavy atom. The number of likely N-dealkylation sites (tertiary alicyclic amines) is 1. The highest BCUT2D eigenvalue weighted by molar-refractivity contribution is 6.27. The second-order valence-electron chi connectivity index (χ2n) is 4.51. The molecule has 0 unspecified atom stereocenters. The summed E-state index contributed by atoms with van der Waals surface area (Å²) in [5, 5.41) is 2.85. The summed E-state index contributed by atoms with van der Waals surface area (Å²) in [5.41, 5.74) is 0.603. The Hall–Kier alpha value is -1.62. The van der Waals surface area contributed by atoms with E-state index in [1.54, 1.807) is 29.4 Å². The summed E-state index contributed by atoms with van der Waals surface area (Å²) in [7, 11) is 0. The van der Waals surface area contributed by atoms with Gasteiger partial charge in [-0.2, -0.15) is 0 Å². The van der Waals surface area contributed by atoms with Gasteiger partial charge in [-0.25, -0.2) is 0 Å². The van der Waals surface area contributed by atoms with Gasteiger partial charge in [-0.05, 0) is 25.0 Å². The summed E-state index contributed by atoms with van der Waals surface area (Å²) in [4.78, 5) is 29.1. The second kappa shape index (κ2) is 6.52. The molecular formula is C13H16ClN3O2. The molecule has 5 nitrogen and oxygen atoms in total. The second-order valence-corrected chi connectivity index (χ2v) is 4.78. The number of alkyl halides is 1. The average Bonchev–Trinajstić information content (AvgIpc) is 2.48. The van der Waals surface area contributed by atoms with Crippen molar-refractivity contribution in [1.82, 2.24) is 15.2 Å². The molecule has 0 radical (unpaired) electrons. The molecule has 2 heterocycles. The molecule has 102 valence electrons. The molecule has 0 aliphatic carbocycles. The van der Waals surface area contributed by atoms with Gasteiger partial charge in [-0.1, -0.05) is 0 Å². The molecule has 1 N–H and O–H groups in total. The Balaban J connectivity index is 1.86. The number of rotatable bonds is 3. The van der Waals surface area contributed by atoms with Crippen LogP contribution < -0.4 is 5.32 Å². The molecule has 1 fully saturated rings. The maximum absolute atomic E-state index is 12.2. The van der Waals surface area contributed by atoms with E-state index in [0.29, 0.717) is 18.7 Å². The number of halogens is 1. The summed E-state index contributed by atoms with van der Waals surface area (Å²) in [6.07, 6.45) is 4.73. The van der Waals surface area contributed by atoms with Gasteiger partial charge in [0.1, 0.15) is 5.88 Å². The van der Waals surface area contributed by atoms with Crippen molar-refractivity contribution in [2.24, 2.45) is 0 Å². The van der Waals surface area contributed by atoms with Crippen molar-refractivity contribution >= 4 is 23.4 Å². The van der Waals surface area contributed by atoms with Crippen LogP contribution in [0.1, 0.15) is 23.2 Å². The molecule has 0 atom stereocenters. The number of carbonyl (C=O) groups excluding carboxylic acids is 2. The number of piperidine rings is 1. The predicted octanol–water partition coefficient (Wildman–Crippen LogP) is 1.04. The lowest BCUT2D eigenvalue weighted by atomic mass is 10.0. The molecule has 1 saturated heterocycles. The standard InChI is InChI=1S/C13H16ClN3O2/c14-8-12(18)16-11-3-6-17(7-4-11)13(19)10-2-1-5-15-9-10/h1-2,5,9,11H,3-4,6-8H2,(H,16,18). The van der Waals surface area contributed by atoms with Crippen molar-refractivity contribution in [3.05, 3.63) is 30.1 Å². The molecule has 0 saturated carbocycles. The summed E-state index contributed by atoms with van der Waals surface area (Å²) >= 11 is 5.45. The molecule has 2 rings (SSSR count). The normalized spacial score (nSPS) is 16.2. The average molecular weight is 282 g/mol. The Labute approximate surface area is 117 Å². The van der Waals surface area contributed by atoms with Crippen LogP contribution in [0.2, 0.25) is 0 Å². The summed E-state index contributed by atoms with van der Waals surface area (Å²) in [6, 6.07) is 3.63. The van der Waals surface area contributed by atoms with E-state index in [0.717, 1.165) is 12.8 Å². The van der Waals surface area contributed by atoms with E-state index in [1.165, 1.54) is 0 Å². The van der Waals surface area contributed by atoms with Gasteiger partial charge in [-0.3, -0.25) is 14.6 Å². The van der Waals surface area contributed by atoms with E-state index in [9.17, 15) is 9.59 Å². The molecular weight excluding hydrogens is 266 g/mol. The molecule has 6 heteroatoms. The first-order valence-electron chi connectivity index (χ1n) is 6.25. The minimum Gasteiger partial charge on any atom is -0.352 e. The van der Waals surface area contributed by atoms with E-state index in [1.807, 2.05) is 0 Å². The molecule has 1 aliphatic heterocycles.